The van der Waals surface area contributed by atoms with Crippen molar-refractivity contribution >= 4 is 5.97 Å². The first-order valence-electron chi connectivity index (χ1n) is 23.5. The molecule has 0 saturated heterocycles. The Kier molecular flexibility index (Phi) is 43.7. The van der Waals surface area contributed by atoms with Crippen molar-refractivity contribution in [2.24, 2.45) is 0 Å². The van der Waals surface area contributed by atoms with Crippen molar-refractivity contribution in [2.45, 2.75) is 284 Å². The summed E-state index contributed by atoms with van der Waals surface area (Å²) in [6, 6.07) is 0. The molecule has 0 aliphatic heterocycles. The number of ether oxygens (including phenoxy) is 1. The van der Waals surface area contributed by atoms with E-state index in [0.717, 1.165) is 6.42 Å². The van der Waals surface area contributed by atoms with Gasteiger partial charge in [0.25, 0.3) is 0 Å². The van der Waals surface area contributed by atoms with E-state index in [0.29, 0.717) is 12.2 Å². The highest BCUT2D eigenvalue weighted by Crippen LogP contribution is 2.18. The zero-order chi connectivity index (χ0) is 36.3. The number of carbonyl (C=O) groups is 1. The van der Waals surface area contributed by atoms with Gasteiger partial charge < -0.3 is 4.74 Å². The van der Waals surface area contributed by atoms with Gasteiger partial charge in [0.2, 0.25) is 0 Å². The maximum Gasteiger partial charge on any atom is 0.333 e. The van der Waals surface area contributed by atoms with Crippen LogP contribution in [0.5, 0.6) is 0 Å². The molecule has 0 fully saturated rings. The maximum absolute atomic E-state index is 11.3. The summed E-state index contributed by atoms with van der Waals surface area (Å²) in [5, 5.41) is 0. The highest BCUT2D eigenvalue weighted by Gasteiger charge is 2.02. The Balaban J connectivity index is 3.07. The molecule has 0 aliphatic rings. The Hall–Kier alpha value is -0.790. The van der Waals surface area contributed by atoms with Gasteiger partial charge in [-0.3, -0.25) is 0 Å². The largest absolute Gasteiger partial charge is 0.462 e. The predicted octanol–water partition coefficient (Wildman–Crippen LogP) is 17.5. The Bertz CT molecular complexity index is 655. The third kappa shape index (κ3) is 43.4. The minimum atomic E-state index is -0.248. The normalized spacial score (nSPS) is 11.4. The molecule has 2 nitrogen and oxygen atoms in total. The van der Waals surface area contributed by atoms with Crippen molar-refractivity contribution in [1.82, 2.24) is 0 Å². The van der Waals surface area contributed by atoms with Gasteiger partial charge in [-0.2, -0.15) is 0 Å². The van der Waals surface area contributed by atoms with E-state index >= 15 is 0 Å². The van der Waals surface area contributed by atoms with Crippen LogP contribution in [0.2, 0.25) is 0 Å². The van der Waals surface area contributed by atoms with Crippen molar-refractivity contribution in [3.8, 4) is 0 Å². The molecular weight excluding hydrogens is 609 g/mol. The van der Waals surface area contributed by atoms with Crippen LogP contribution in [0.15, 0.2) is 12.2 Å². The van der Waals surface area contributed by atoms with Gasteiger partial charge in [0, 0.05) is 5.57 Å². The summed E-state index contributed by atoms with van der Waals surface area (Å²) in [7, 11) is 0. The monoisotopic (exact) mass is 703 g/mol. The number of rotatable bonds is 44. The first-order chi connectivity index (χ1) is 24.7. The molecule has 0 aromatic heterocycles. The summed E-state index contributed by atoms with van der Waals surface area (Å²) in [6.45, 7) is 8.17. The molecule has 0 aliphatic carbocycles. The zero-order valence-corrected chi connectivity index (χ0v) is 34.9. The van der Waals surface area contributed by atoms with Gasteiger partial charge in [-0.1, -0.05) is 277 Å². The van der Waals surface area contributed by atoms with Gasteiger partial charge in [0.05, 0.1) is 6.61 Å². The van der Waals surface area contributed by atoms with Crippen LogP contribution < -0.4 is 0 Å². The van der Waals surface area contributed by atoms with Crippen LogP contribution in [0.1, 0.15) is 284 Å². The minimum absolute atomic E-state index is 0.248. The topological polar surface area (TPSA) is 26.3 Å². The van der Waals surface area contributed by atoms with E-state index in [9.17, 15) is 4.79 Å². The molecule has 0 radical (unpaired) electrons. The SMILES string of the molecule is C=C(C)C(=O)OCCCCCCCCCCCCCCCCCCCCCCCCCCCCCCCCCCCCCCCCCCCC. The number of unbranched alkanes of at least 4 members (excludes halogenated alkanes) is 41. The van der Waals surface area contributed by atoms with Crippen molar-refractivity contribution in [1.29, 1.82) is 0 Å². The summed E-state index contributed by atoms with van der Waals surface area (Å²) in [4.78, 5) is 11.3. The maximum atomic E-state index is 11.3. The van der Waals surface area contributed by atoms with Crippen LogP contribution >= 0.6 is 0 Å². The molecule has 0 N–H and O–H groups in total. The van der Waals surface area contributed by atoms with Crippen LogP contribution in [-0.4, -0.2) is 12.6 Å². The summed E-state index contributed by atoms with van der Waals surface area (Å²) in [6.07, 6.45) is 60.4. The minimum Gasteiger partial charge on any atom is -0.462 e. The molecule has 0 spiro atoms. The second kappa shape index (κ2) is 44.4. The highest BCUT2D eigenvalue weighted by molar-refractivity contribution is 5.86. The molecule has 298 valence electrons. The average Bonchev–Trinajstić information content (AvgIpc) is 3.11. The van der Waals surface area contributed by atoms with Crippen LogP contribution in [0, 0.1) is 0 Å². The average molecular weight is 703 g/mol. The lowest BCUT2D eigenvalue weighted by atomic mass is 10.0. The molecule has 0 aromatic carbocycles. The van der Waals surface area contributed by atoms with Crippen LogP contribution in [0.3, 0.4) is 0 Å². The van der Waals surface area contributed by atoms with Gasteiger partial charge in [0.15, 0.2) is 0 Å². The van der Waals surface area contributed by atoms with Crippen molar-refractivity contribution in [3.63, 3.8) is 0 Å². The summed E-state index contributed by atoms with van der Waals surface area (Å²) >= 11 is 0. The van der Waals surface area contributed by atoms with Crippen molar-refractivity contribution in [2.75, 3.05) is 6.61 Å². The van der Waals surface area contributed by atoms with Gasteiger partial charge in [-0.05, 0) is 13.3 Å². The fourth-order valence-electron chi connectivity index (χ4n) is 7.53. The van der Waals surface area contributed by atoms with E-state index in [2.05, 4.69) is 13.5 Å². The summed E-state index contributed by atoms with van der Waals surface area (Å²) in [5.41, 5.74) is 0.497. The molecule has 0 atom stereocenters. The Morgan fingerprint density at radius 1 is 0.320 bits per heavy atom. The van der Waals surface area contributed by atoms with E-state index in [1.165, 1.54) is 263 Å². The quantitative estimate of drug-likeness (QED) is 0.0359. The standard InChI is InChI=1S/C48H94O2/c1-4-5-6-7-8-9-10-11-12-13-14-15-16-17-18-19-20-21-22-23-24-25-26-27-28-29-30-31-32-33-34-35-36-37-38-39-40-41-42-43-44-45-46-50-48(49)47(2)3/h2,4-46H2,1,3H3. The number of hydrogen-bond acceptors (Lipinski definition) is 2. The van der Waals surface area contributed by atoms with Gasteiger partial charge in [-0.25, -0.2) is 4.79 Å². The van der Waals surface area contributed by atoms with Crippen LogP contribution in [-0.2, 0) is 9.53 Å². The van der Waals surface area contributed by atoms with Gasteiger partial charge >= 0.3 is 5.97 Å². The lowest BCUT2D eigenvalue weighted by molar-refractivity contribution is -0.139. The number of carbonyl (C=O) groups excluding carboxylic acids is 1. The fraction of sp³-hybridized carbons (Fsp3) is 0.938. The molecular formula is C48H94O2. The molecule has 0 rings (SSSR count). The van der Waals surface area contributed by atoms with E-state index < -0.39 is 0 Å². The molecule has 0 bridgehead atoms. The predicted molar refractivity (Wildman–Crippen MR) is 225 cm³/mol. The smallest absolute Gasteiger partial charge is 0.333 e. The Morgan fingerprint density at radius 3 is 0.640 bits per heavy atom. The van der Waals surface area contributed by atoms with E-state index in [1.54, 1.807) is 6.92 Å². The molecule has 0 unspecified atom stereocenters. The third-order valence-corrected chi connectivity index (χ3v) is 11.1. The fourth-order valence-corrected chi connectivity index (χ4v) is 7.53. The van der Waals surface area contributed by atoms with Gasteiger partial charge in [-0.15, -0.1) is 0 Å². The first kappa shape index (κ1) is 49.2. The third-order valence-electron chi connectivity index (χ3n) is 11.1. The lowest BCUT2D eigenvalue weighted by Crippen LogP contribution is -2.05. The molecule has 2 heteroatoms. The number of esters is 1. The number of hydrogen-bond donors (Lipinski definition) is 0. The van der Waals surface area contributed by atoms with Crippen LogP contribution in [0.4, 0.5) is 0 Å². The zero-order valence-electron chi connectivity index (χ0n) is 34.9. The van der Waals surface area contributed by atoms with Gasteiger partial charge in [0.1, 0.15) is 0 Å². The molecule has 0 heterocycles. The van der Waals surface area contributed by atoms with E-state index in [-0.39, 0.29) is 5.97 Å². The summed E-state index contributed by atoms with van der Waals surface area (Å²) < 4.78 is 5.14. The van der Waals surface area contributed by atoms with Crippen molar-refractivity contribution in [3.05, 3.63) is 12.2 Å². The first-order valence-corrected chi connectivity index (χ1v) is 23.5. The molecule has 0 aromatic rings. The second-order valence-corrected chi connectivity index (χ2v) is 16.4. The molecule has 50 heavy (non-hydrogen) atoms. The second-order valence-electron chi connectivity index (χ2n) is 16.4. The molecule has 0 amide bonds. The Labute approximate surface area is 316 Å². The lowest BCUT2D eigenvalue weighted by Gasteiger charge is -2.05. The highest BCUT2D eigenvalue weighted by atomic mass is 16.5. The van der Waals surface area contributed by atoms with E-state index in [4.69, 9.17) is 4.74 Å². The summed E-state index contributed by atoms with van der Waals surface area (Å²) in [5.74, 6) is -0.248. The van der Waals surface area contributed by atoms with Crippen LogP contribution in [0.25, 0.3) is 0 Å². The van der Waals surface area contributed by atoms with E-state index in [1.807, 2.05) is 0 Å². The molecule has 0 saturated carbocycles. The Morgan fingerprint density at radius 2 is 0.480 bits per heavy atom. The van der Waals surface area contributed by atoms with Crippen molar-refractivity contribution < 1.29 is 9.53 Å².